The number of nitrogens with zero attached hydrogens (tertiary/aromatic N) is 2. The first-order valence-corrected chi connectivity index (χ1v) is 5.66. The van der Waals surface area contributed by atoms with Crippen molar-refractivity contribution in [2.75, 3.05) is 24.3 Å². The number of carbonyl (C=O) groups is 1. The molecule has 0 aliphatic rings. The van der Waals surface area contributed by atoms with Crippen LogP contribution in [0.5, 0.6) is 0 Å². The van der Waals surface area contributed by atoms with Gasteiger partial charge < -0.3 is 10.2 Å². The second kappa shape index (κ2) is 4.91. The molecular formula is C13H16N4O. The van der Waals surface area contributed by atoms with Crippen molar-refractivity contribution in [3.05, 3.63) is 41.7 Å². The van der Waals surface area contributed by atoms with Crippen LogP contribution in [-0.2, 0) is 0 Å². The summed E-state index contributed by atoms with van der Waals surface area (Å²) in [6.07, 6.45) is 3.07. The van der Waals surface area contributed by atoms with Crippen LogP contribution in [0.3, 0.4) is 0 Å². The Kier molecular flexibility index (Phi) is 3.32. The first kappa shape index (κ1) is 12.2. The van der Waals surface area contributed by atoms with Crippen molar-refractivity contribution in [3.8, 4) is 0 Å². The largest absolute Gasteiger partial charge is 0.378 e. The highest BCUT2D eigenvalue weighted by atomic mass is 16.1. The smallest absolute Gasteiger partial charge is 0.258 e. The topological polar surface area (TPSA) is 61.0 Å². The normalized spacial score (nSPS) is 10.2. The molecule has 0 aliphatic heterocycles. The number of aromatic amines is 1. The third-order valence-corrected chi connectivity index (χ3v) is 2.73. The van der Waals surface area contributed by atoms with Crippen LogP contribution in [0.2, 0.25) is 0 Å². The third kappa shape index (κ3) is 2.51. The predicted octanol–water partition coefficient (Wildman–Crippen LogP) is 2.04. The highest BCUT2D eigenvalue weighted by molar-refractivity contribution is 6.04. The van der Waals surface area contributed by atoms with Gasteiger partial charge in [-0.2, -0.15) is 5.10 Å². The van der Waals surface area contributed by atoms with Gasteiger partial charge in [0.05, 0.1) is 11.8 Å². The molecule has 5 heteroatoms. The molecule has 1 amide bonds. The van der Waals surface area contributed by atoms with Crippen LogP contribution in [-0.4, -0.2) is 30.2 Å². The molecule has 18 heavy (non-hydrogen) atoms. The lowest BCUT2D eigenvalue weighted by Gasteiger charge is -2.15. The van der Waals surface area contributed by atoms with Crippen LogP contribution in [0.4, 0.5) is 11.4 Å². The molecule has 5 nitrogen and oxygen atoms in total. The number of H-pyrrole nitrogens is 1. The molecular weight excluding hydrogens is 228 g/mol. The maximum Gasteiger partial charge on any atom is 0.258 e. The molecule has 1 aromatic carbocycles. The van der Waals surface area contributed by atoms with Gasteiger partial charge in [-0.05, 0) is 30.7 Å². The number of amides is 1. The van der Waals surface area contributed by atoms with E-state index < -0.39 is 0 Å². The predicted molar refractivity (Wildman–Crippen MR) is 72.0 cm³/mol. The number of nitrogens with one attached hydrogen (secondary N) is 2. The minimum atomic E-state index is -0.163. The second-order valence-electron chi connectivity index (χ2n) is 4.33. The highest BCUT2D eigenvalue weighted by Gasteiger charge is 2.09. The molecule has 1 heterocycles. The Bertz CT molecular complexity index is 546. The summed E-state index contributed by atoms with van der Waals surface area (Å²) in [5, 5.41) is 9.23. The van der Waals surface area contributed by atoms with Crippen LogP contribution < -0.4 is 10.2 Å². The average molecular weight is 244 g/mol. The van der Waals surface area contributed by atoms with Gasteiger partial charge in [0.1, 0.15) is 0 Å². The lowest BCUT2D eigenvalue weighted by molar-refractivity contribution is 0.102. The van der Waals surface area contributed by atoms with E-state index in [4.69, 9.17) is 0 Å². The molecule has 0 unspecified atom stereocenters. The Morgan fingerprint density at radius 2 is 2.17 bits per heavy atom. The quantitative estimate of drug-likeness (QED) is 0.868. The van der Waals surface area contributed by atoms with Crippen LogP contribution in [0.15, 0.2) is 30.6 Å². The fraction of sp³-hybridized carbons (Fsp3) is 0.231. The van der Waals surface area contributed by atoms with Gasteiger partial charge in [0.2, 0.25) is 0 Å². The first-order valence-electron chi connectivity index (χ1n) is 5.66. The van der Waals surface area contributed by atoms with E-state index >= 15 is 0 Å². The molecule has 94 valence electrons. The summed E-state index contributed by atoms with van der Waals surface area (Å²) in [4.78, 5) is 13.9. The maximum atomic E-state index is 11.9. The summed E-state index contributed by atoms with van der Waals surface area (Å²) in [5.74, 6) is -0.163. The summed E-state index contributed by atoms with van der Waals surface area (Å²) in [6, 6.07) is 5.91. The van der Waals surface area contributed by atoms with Gasteiger partial charge in [0.25, 0.3) is 5.91 Å². The van der Waals surface area contributed by atoms with E-state index in [0.29, 0.717) is 5.56 Å². The van der Waals surface area contributed by atoms with E-state index in [2.05, 4.69) is 15.5 Å². The molecule has 0 atom stereocenters. The number of anilines is 2. The van der Waals surface area contributed by atoms with E-state index in [9.17, 15) is 4.79 Å². The minimum Gasteiger partial charge on any atom is -0.378 e. The molecule has 0 saturated carbocycles. The van der Waals surface area contributed by atoms with Crippen LogP contribution in [0.25, 0.3) is 0 Å². The summed E-state index contributed by atoms with van der Waals surface area (Å²) in [5.41, 5.74) is 3.46. The van der Waals surface area contributed by atoms with Gasteiger partial charge in [-0.3, -0.25) is 9.89 Å². The van der Waals surface area contributed by atoms with Crippen molar-refractivity contribution in [2.45, 2.75) is 6.92 Å². The molecule has 1 aromatic heterocycles. The average Bonchev–Trinajstić information content (AvgIpc) is 2.85. The minimum absolute atomic E-state index is 0.163. The van der Waals surface area contributed by atoms with Gasteiger partial charge in [-0.1, -0.05) is 0 Å². The molecule has 2 N–H and O–H groups in total. The molecule has 0 fully saturated rings. The zero-order valence-corrected chi connectivity index (χ0v) is 10.7. The summed E-state index contributed by atoms with van der Waals surface area (Å²) < 4.78 is 0. The van der Waals surface area contributed by atoms with Gasteiger partial charge in [-0.25, -0.2) is 0 Å². The Hall–Kier alpha value is -2.30. The maximum absolute atomic E-state index is 11.9. The number of rotatable bonds is 3. The van der Waals surface area contributed by atoms with E-state index in [-0.39, 0.29) is 5.91 Å². The monoisotopic (exact) mass is 244 g/mol. The first-order chi connectivity index (χ1) is 8.58. The lowest BCUT2D eigenvalue weighted by atomic mass is 10.1. The zero-order chi connectivity index (χ0) is 13.1. The van der Waals surface area contributed by atoms with Crippen molar-refractivity contribution in [3.63, 3.8) is 0 Å². The van der Waals surface area contributed by atoms with Crippen LogP contribution in [0.1, 0.15) is 15.9 Å². The number of hydrogen-bond donors (Lipinski definition) is 2. The Morgan fingerprint density at radius 1 is 1.39 bits per heavy atom. The van der Waals surface area contributed by atoms with Crippen molar-refractivity contribution in [2.24, 2.45) is 0 Å². The number of aryl methyl sites for hydroxylation is 1. The Labute approximate surface area is 106 Å². The molecule has 0 aliphatic carbocycles. The number of hydrogen-bond acceptors (Lipinski definition) is 3. The molecule has 0 radical (unpaired) electrons. The zero-order valence-electron chi connectivity index (χ0n) is 10.7. The molecule has 0 bridgehead atoms. The standard InChI is InChI=1S/C13H16N4O/c1-9-6-11(17(2)3)4-5-12(9)16-13(18)10-7-14-15-8-10/h4-8H,1-3H3,(H,14,15)(H,16,18). The highest BCUT2D eigenvalue weighted by Crippen LogP contribution is 2.21. The van der Waals surface area contributed by atoms with E-state index in [1.54, 1.807) is 6.20 Å². The molecule has 0 saturated heterocycles. The van der Waals surface area contributed by atoms with E-state index in [0.717, 1.165) is 16.9 Å². The number of carbonyl (C=O) groups excluding carboxylic acids is 1. The molecule has 2 rings (SSSR count). The van der Waals surface area contributed by atoms with Gasteiger partial charge in [-0.15, -0.1) is 0 Å². The molecule has 2 aromatic rings. The Balaban J connectivity index is 2.17. The van der Waals surface area contributed by atoms with E-state index in [1.807, 2.05) is 44.1 Å². The van der Waals surface area contributed by atoms with Crippen molar-refractivity contribution in [1.29, 1.82) is 0 Å². The summed E-state index contributed by atoms with van der Waals surface area (Å²) in [7, 11) is 3.97. The SMILES string of the molecule is Cc1cc(N(C)C)ccc1NC(=O)c1cn[nH]c1. The fourth-order valence-electron chi connectivity index (χ4n) is 1.64. The summed E-state index contributed by atoms with van der Waals surface area (Å²) in [6.45, 7) is 1.97. The fourth-order valence-corrected chi connectivity index (χ4v) is 1.64. The lowest BCUT2D eigenvalue weighted by Crippen LogP contribution is -2.13. The third-order valence-electron chi connectivity index (χ3n) is 2.73. The van der Waals surface area contributed by atoms with Crippen molar-refractivity contribution < 1.29 is 4.79 Å². The van der Waals surface area contributed by atoms with Gasteiger partial charge in [0.15, 0.2) is 0 Å². The van der Waals surface area contributed by atoms with Crippen molar-refractivity contribution in [1.82, 2.24) is 10.2 Å². The second-order valence-corrected chi connectivity index (χ2v) is 4.33. The summed E-state index contributed by atoms with van der Waals surface area (Å²) >= 11 is 0. The number of benzene rings is 1. The van der Waals surface area contributed by atoms with Gasteiger partial charge >= 0.3 is 0 Å². The molecule has 0 spiro atoms. The van der Waals surface area contributed by atoms with Crippen LogP contribution in [0, 0.1) is 6.92 Å². The van der Waals surface area contributed by atoms with Crippen molar-refractivity contribution >= 4 is 17.3 Å². The number of aromatic nitrogens is 2. The van der Waals surface area contributed by atoms with Crippen LogP contribution >= 0.6 is 0 Å². The Morgan fingerprint density at radius 3 is 2.72 bits per heavy atom. The van der Waals surface area contributed by atoms with E-state index in [1.165, 1.54) is 6.20 Å². The van der Waals surface area contributed by atoms with Gasteiger partial charge in [0, 0.05) is 31.7 Å².